The molecule has 0 aliphatic rings. The highest BCUT2D eigenvalue weighted by atomic mass is 28.3. The lowest BCUT2D eigenvalue weighted by Crippen LogP contribution is -2.28. The van der Waals surface area contributed by atoms with Gasteiger partial charge in [-0.05, 0) is 11.6 Å². The normalized spacial score (nSPS) is 11.3. The average molecular weight is 376 g/mol. The van der Waals surface area contributed by atoms with E-state index in [0.29, 0.717) is 6.61 Å². The number of primary amides is 1. The number of hydrogen-bond donors (Lipinski definition) is 1. The van der Waals surface area contributed by atoms with Gasteiger partial charge in [0.15, 0.2) is 11.4 Å². The molecule has 8 heteroatoms. The van der Waals surface area contributed by atoms with Crippen LogP contribution in [0, 0.1) is 0 Å². The summed E-state index contributed by atoms with van der Waals surface area (Å²) in [4.78, 5) is 23.8. The maximum absolute atomic E-state index is 12.3. The number of rotatable bonds is 9. The molecule has 1 heterocycles. The van der Waals surface area contributed by atoms with Crippen molar-refractivity contribution in [2.24, 2.45) is 5.73 Å². The summed E-state index contributed by atoms with van der Waals surface area (Å²) in [5, 5.41) is 3.96. The molecule has 0 unspecified atom stereocenters. The molecular formula is C18H25N3O4Si. The van der Waals surface area contributed by atoms with Crippen molar-refractivity contribution in [1.29, 1.82) is 0 Å². The number of amides is 1. The summed E-state index contributed by atoms with van der Waals surface area (Å²) in [6.07, 6.45) is 1.44. The molecule has 1 aromatic heterocycles. The van der Waals surface area contributed by atoms with Gasteiger partial charge in [-0.1, -0.05) is 50.0 Å². The van der Waals surface area contributed by atoms with E-state index in [9.17, 15) is 9.59 Å². The van der Waals surface area contributed by atoms with Crippen LogP contribution in [0.2, 0.25) is 25.7 Å². The first-order valence-corrected chi connectivity index (χ1v) is 12.1. The second-order valence-corrected chi connectivity index (χ2v) is 12.8. The Kier molecular flexibility index (Phi) is 6.70. The number of nitrogens with zero attached hydrogens (tertiary/aromatic N) is 2. The van der Waals surface area contributed by atoms with Gasteiger partial charge >= 0.3 is 0 Å². The van der Waals surface area contributed by atoms with Gasteiger partial charge in [0.25, 0.3) is 11.3 Å². The lowest BCUT2D eigenvalue weighted by molar-refractivity contribution is 0.0751. The van der Waals surface area contributed by atoms with Gasteiger partial charge in [0.1, 0.15) is 13.3 Å². The van der Waals surface area contributed by atoms with Crippen LogP contribution >= 0.6 is 0 Å². The van der Waals surface area contributed by atoms with E-state index in [2.05, 4.69) is 24.7 Å². The highest BCUT2D eigenvalue weighted by molar-refractivity contribution is 6.76. The van der Waals surface area contributed by atoms with E-state index >= 15 is 0 Å². The third kappa shape index (κ3) is 6.12. The van der Waals surface area contributed by atoms with Crippen LogP contribution in [-0.2, 0) is 18.1 Å². The van der Waals surface area contributed by atoms with Gasteiger partial charge in [-0.2, -0.15) is 5.10 Å². The van der Waals surface area contributed by atoms with Crippen molar-refractivity contribution in [3.05, 3.63) is 58.0 Å². The molecule has 0 saturated heterocycles. The fourth-order valence-electron chi connectivity index (χ4n) is 2.12. The summed E-state index contributed by atoms with van der Waals surface area (Å²) in [5.74, 6) is -0.873. The average Bonchev–Trinajstić information content (AvgIpc) is 2.58. The molecule has 0 spiro atoms. The lowest BCUT2D eigenvalue weighted by atomic mass is 10.2. The molecule has 0 fully saturated rings. The summed E-state index contributed by atoms with van der Waals surface area (Å²) >= 11 is 0. The zero-order valence-electron chi connectivity index (χ0n) is 15.4. The summed E-state index contributed by atoms with van der Waals surface area (Å²) < 4.78 is 12.6. The quantitative estimate of drug-likeness (QED) is 0.535. The molecule has 2 N–H and O–H groups in total. The number of nitrogens with two attached hydrogens (primary N) is 1. The predicted molar refractivity (Wildman–Crippen MR) is 102 cm³/mol. The SMILES string of the molecule is C[Si](C)(C)CCOCn1cc(OCc2ccccc2)c(=O)c(C(N)=O)n1. The van der Waals surface area contributed by atoms with E-state index in [0.717, 1.165) is 11.6 Å². The zero-order valence-corrected chi connectivity index (χ0v) is 16.4. The second kappa shape index (κ2) is 8.77. The molecule has 140 valence electrons. The molecule has 2 rings (SSSR count). The van der Waals surface area contributed by atoms with Gasteiger partial charge < -0.3 is 15.2 Å². The minimum Gasteiger partial charge on any atom is -0.483 e. The largest absolute Gasteiger partial charge is 0.483 e. The Hall–Kier alpha value is -2.45. The summed E-state index contributed by atoms with van der Waals surface area (Å²) in [5.41, 5.74) is 5.20. The standard InChI is InChI=1S/C18H25N3O4Si/c1-26(2,3)10-9-24-13-21-11-15(17(22)16(20-21)18(19)23)25-12-14-7-5-4-6-8-14/h4-8,11H,9-10,12-13H2,1-3H3,(H2,19,23). The molecule has 1 aromatic carbocycles. The highest BCUT2D eigenvalue weighted by Gasteiger charge is 2.16. The number of carbonyl (C=O) groups is 1. The second-order valence-electron chi connectivity index (χ2n) is 7.20. The van der Waals surface area contributed by atoms with Crippen LogP contribution in [0.1, 0.15) is 16.1 Å². The van der Waals surface area contributed by atoms with Crippen LogP contribution in [0.25, 0.3) is 0 Å². The number of benzene rings is 1. The predicted octanol–water partition coefficient (Wildman–Crippen LogP) is 2.23. The molecular weight excluding hydrogens is 350 g/mol. The van der Waals surface area contributed by atoms with Crippen molar-refractivity contribution >= 4 is 14.0 Å². The summed E-state index contributed by atoms with van der Waals surface area (Å²) in [7, 11) is -1.20. The smallest absolute Gasteiger partial charge is 0.273 e. The molecule has 0 aliphatic carbocycles. The van der Waals surface area contributed by atoms with E-state index in [4.69, 9.17) is 15.2 Å². The van der Waals surface area contributed by atoms with E-state index in [1.807, 2.05) is 30.3 Å². The highest BCUT2D eigenvalue weighted by Crippen LogP contribution is 2.10. The summed E-state index contributed by atoms with van der Waals surface area (Å²) in [6, 6.07) is 10.4. The number of carbonyl (C=O) groups excluding carboxylic acids is 1. The van der Waals surface area contributed by atoms with Crippen LogP contribution in [0.5, 0.6) is 5.75 Å². The molecule has 7 nitrogen and oxygen atoms in total. The van der Waals surface area contributed by atoms with Crippen molar-refractivity contribution in [2.75, 3.05) is 6.61 Å². The fourth-order valence-corrected chi connectivity index (χ4v) is 2.87. The van der Waals surface area contributed by atoms with Crippen molar-refractivity contribution < 1.29 is 14.3 Å². The Morgan fingerprint density at radius 3 is 2.54 bits per heavy atom. The van der Waals surface area contributed by atoms with E-state index in [1.54, 1.807) is 0 Å². The zero-order chi connectivity index (χ0) is 19.2. The molecule has 0 saturated carbocycles. The topological polar surface area (TPSA) is 96.4 Å². The van der Waals surface area contributed by atoms with Crippen LogP contribution in [-0.4, -0.2) is 30.4 Å². The Morgan fingerprint density at radius 2 is 1.92 bits per heavy atom. The van der Waals surface area contributed by atoms with Crippen LogP contribution in [0.15, 0.2) is 41.3 Å². The number of ether oxygens (including phenoxy) is 2. The van der Waals surface area contributed by atoms with Gasteiger partial charge in [-0.15, -0.1) is 0 Å². The van der Waals surface area contributed by atoms with Gasteiger partial charge in [0, 0.05) is 14.7 Å². The van der Waals surface area contributed by atoms with E-state index < -0.39 is 19.4 Å². The molecule has 0 radical (unpaired) electrons. The van der Waals surface area contributed by atoms with E-state index in [-0.39, 0.29) is 24.8 Å². The summed E-state index contributed by atoms with van der Waals surface area (Å²) in [6.45, 7) is 7.69. The third-order valence-electron chi connectivity index (χ3n) is 3.62. The van der Waals surface area contributed by atoms with Crippen LogP contribution in [0.4, 0.5) is 0 Å². The first-order chi connectivity index (χ1) is 12.3. The van der Waals surface area contributed by atoms with Crippen molar-refractivity contribution in [3.8, 4) is 5.75 Å². The molecule has 0 aliphatic heterocycles. The Balaban J connectivity index is 2.12. The number of aromatic nitrogens is 2. The molecule has 26 heavy (non-hydrogen) atoms. The van der Waals surface area contributed by atoms with Crippen LogP contribution in [0.3, 0.4) is 0 Å². The van der Waals surface area contributed by atoms with Gasteiger partial charge in [-0.3, -0.25) is 9.59 Å². The van der Waals surface area contributed by atoms with Crippen LogP contribution < -0.4 is 15.9 Å². The minimum atomic E-state index is -1.20. The Morgan fingerprint density at radius 1 is 1.23 bits per heavy atom. The van der Waals surface area contributed by atoms with E-state index in [1.165, 1.54) is 10.9 Å². The Labute approximate surface area is 153 Å². The van der Waals surface area contributed by atoms with Crippen molar-refractivity contribution in [1.82, 2.24) is 9.78 Å². The first-order valence-electron chi connectivity index (χ1n) is 8.42. The minimum absolute atomic E-state index is 0.0199. The molecule has 2 aromatic rings. The van der Waals surface area contributed by atoms with Gasteiger partial charge in [0.2, 0.25) is 0 Å². The van der Waals surface area contributed by atoms with Crippen molar-refractivity contribution in [2.45, 2.75) is 39.0 Å². The Bertz CT molecular complexity index is 800. The first kappa shape index (κ1) is 19.9. The van der Waals surface area contributed by atoms with Gasteiger partial charge in [0.05, 0.1) is 6.20 Å². The maximum Gasteiger partial charge on any atom is 0.273 e. The monoisotopic (exact) mass is 375 g/mol. The maximum atomic E-state index is 12.3. The molecule has 1 amide bonds. The molecule has 0 atom stereocenters. The van der Waals surface area contributed by atoms with Gasteiger partial charge in [-0.25, -0.2) is 4.68 Å². The third-order valence-corrected chi connectivity index (χ3v) is 5.33. The number of hydrogen-bond acceptors (Lipinski definition) is 5. The molecule has 0 bridgehead atoms. The lowest BCUT2D eigenvalue weighted by Gasteiger charge is -2.16. The fraction of sp³-hybridized carbons (Fsp3) is 0.389. The van der Waals surface area contributed by atoms with Crippen molar-refractivity contribution in [3.63, 3.8) is 0 Å².